The SMILES string of the molecule is Cc1ccccc1C(=O)N1CCC(c2ccc(C(=O)NCc3ccn4ccnc4c3)cc2)CC1. The maximum Gasteiger partial charge on any atom is 0.254 e. The minimum absolute atomic E-state index is 0.0894. The van der Waals surface area contributed by atoms with Gasteiger partial charge in [0, 0.05) is 49.4 Å². The minimum atomic E-state index is -0.0894. The molecule has 2 amide bonds. The van der Waals surface area contributed by atoms with Gasteiger partial charge in [0.25, 0.3) is 11.8 Å². The molecule has 1 N–H and O–H groups in total. The number of nitrogens with one attached hydrogen (secondary N) is 1. The summed E-state index contributed by atoms with van der Waals surface area (Å²) in [6.45, 7) is 3.94. The Morgan fingerprint density at radius 1 is 1.00 bits per heavy atom. The van der Waals surface area contributed by atoms with Crippen LogP contribution >= 0.6 is 0 Å². The zero-order valence-corrected chi connectivity index (χ0v) is 19.3. The zero-order valence-electron chi connectivity index (χ0n) is 19.3. The third-order valence-corrected chi connectivity index (χ3v) is 6.72. The Bertz CT molecular complexity index is 1320. The van der Waals surface area contributed by atoms with Crippen molar-refractivity contribution in [2.24, 2.45) is 0 Å². The lowest BCUT2D eigenvalue weighted by Crippen LogP contribution is -2.38. The average molecular weight is 453 g/mol. The monoisotopic (exact) mass is 452 g/mol. The van der Waals surface area contributed by atoms with Crippen molar-refractivity contribution in [3.05, 3.63) is 107 Å². The first kappa shape index (κ1) is 21.9. The molecule has 4 aromatic rings. The number of aromatic nitrogens is 2. The number of likely N-dealkylation sites (tertiary alicyclic amines) is 1. The van der Waals surface area contributed by atoms with Gasteiger partial charge in [0.2, 0.25) is 0 Å². The van der Waals surface area contributed by atoms with Crippen molar-refractivity contribution in [3.8, 4) is 0 Å². The third kappa shape index (κ3) is 4.57. The highest BCUT2D eigenvalue weighted by molar-refractivity contribution is 5.95. The Kier molecular flexibility index (Phi) is 6.12. The molecule has 1 fully saturated rings. The number of piperidine rings is 1. The summed E-state index contributed by atoms with van der Waals surface area (Å²) in [6.07, 6.45) is 7.45. The molecular weight excluding hydrogens is 424 g/mol. The Labute approximate surface area is 199 Å². The third-order valence-electron chi connectivity index (χ3n) is 6.72. The molecule has 1 aliphatic heterocycles. The molecule has 0 spiro atoms. The minimum Gasteiger partial charge on any atom is -0.348 e. The maximum absolute atomic E-state index is 12.9. The molecular formula is C28H28N4O2. The normalized spacial score (nSPS) is 14.3. The van der Waals surface area contributed by atoms with Gasteiger partial charge >= 0.3 is 0 Å². The molecule has 6 heteroatoms. The molecule has 0 saturated carbocycles. The number of rotatable bonds is 5. The van der Waals surface area contributed by atoms with Gasteiger partial charge in [0.15, 0.2) is 0 Å². The molecule has 3 heterocycles. The van der Waals surface area contributed by atoms with Crippen molar-refractivity contribution < 1.29 is 9.59 Å². The zero-order chi connectivity index (χ0) is 23.5. The van der Waals surface area contributed by atoms with E-state index in [1.807, 2.05) is 77.1 Å². The summed E-state index contributed by atoms with van der Waals surface area (Å²) in [5.74, 6) is 0.434. The first-order chi connectivity index (χ1) is 16.6. The fourth-order valence-corrected chi connectivity index (χ4v) is 4.65. The summed E-state index contributed by atoms with van der Waals surface area (Å²) in [5, 5.41) is 2.99. The van der Waals surface area contributed by atoms with Crippen molar-refractivity contribution >= 4 is 17.5 Å². The fourth-order valence-electron chi connectivity index (χ4n) is 4.65. The quantitative estimate of drug-likeness (QED) is 0.482. The summed E-state index contributed by atoms with van der Waals surface area (Å²) in [6, 6.07) is 19.6. The van der Waals surface area contributed by atoms with Gasteiger partial charge in [-0.05, 0) is 72.7 Å². The van der Waals surface area contributed by atoms with E-state index in [2.05, 4.69) is 22.4 Å². The lowest BCUT2D eigenvalue weighted by atomic mass is 9.88. The molecule has 0 radical (unpaired) electrons. The largest absolute Gasteiger partial charge is 0.348 e. The summed E-state index contributed by atoms with van der Waals surface area (Å²) in [4.78, 5) is 31.7. The van der Waals surface area contributed by atoms with E-state index in [1.54, 1.807) is 6.20 Å². The van der Waals surface area contributed by atoms with Gasteiger partial charge in [-0.3, -0.25) is 9.59 Å². The Balaban J connectivity index is 1.15. The van der Waals surface area contributed by atoms with E-state index in [0.29, 0.717) is 18.0 Å². The number of hydrogen-bond acceptors (Lipinski definition) is 3. The molecule has 0 bridgehead atoms. The summed E-state index contributed by atoms with van der Waals surface area (Å²) in [7, 11) is 0. The number of nitrogens with zero attached hydrogens (tertiary/aromatic N) is 3. The van der Waals surface area contributed by atoms with Crippen molar-refractivity contribution in [1.82, 2.24) is 19.6 Å². The van der Waals surface area contributed by atoms with Crippen LogP contribution in [0.4, 0.5) is 0 Å². The second-order valence-corrected chi connectivity index (χ2v) is 8.91. The smallest absolute Gasteiger partial charge is 0.254 e. The van der Waals surface area contributed by atoms with Crippen LogP contribution < -0.4 is 5.32 Å². The molecule has 0 unspecified atom stereocenters. The number of hydrogen-bond donors (Lipinski definition) is 1. The Morgan fingerprint density at radius 3 is 2.53 bits per heavy atom. The molecule has 2 aromatic carbocycles. The number of imidazole rings is 1. The van der Waals surface area contributed by atoms with Crippen LogP contribution in [0.1, 0.15) is 56.2 Å². The highest BCUT2D eigenvalue weighted by Crippen LogP contribution is 2.29. The van der Waals surface area contributed by atoms with Gasteiger partial charge in [-0.25, -0.2) is 4.98 Å². The number of fused-ring (bicyclic) bond motifs is 1. The van der Waals surface area contributed by atoms with Crippen molar-refractivity contribution in [3.63, 3.8) is 0 Å². The standard InChI is InChI=1S/C28H28N4O2/c1-20-4-2-3-5-25(20)28(34)32-15-11-23(12-16-32)22-6-8-24(9-7-22)27(33)30-19-21-10-14-31-17-13-29-26(31)18-21/h2-10,13-14,17-18,23H,11-12,15-16,19H2,1H3,(H,30,33). The lowest BCUT2D eigenvalue weighted by Gasteiger charge is -2.32. The molecule has 0 aliphatic carbocycles. The number of carbonyl (C=O) groups is 2. The molecule has 0 atom stereocenters. The molecule has 5 rings (SSSR count). The van der Waals surface area contributed by atoms with Crippen LogP contribution in [-0.2, 0) is 6.54 Å². The Hall–Kier alpha value is -3.93. The first-order valence-corrected chi connectivity index (χ1v) is 11.7. The molecule has 6 nitrogen and oxygen atoms in total. The van der Waals surface area contributed by atoms with E-state index in [1.165, 1.54) is 5.56 Å². The number of carbonyl (C=O) groups excluding carboxylic acids is 2. The van der Waals surface area contributed by atoms with Gasteiger partial charge in [-0.1, -0.05) is 30.3 Å². The van der Waals surface area contributed by atoms with Crippen LogP contribution in [0.2, 0.25) is 0 Å². The van der Waals surface area contributed by atoms with Gasteiger partial charge in [-0.2, -0.15) is 0 Å². The highest BCUT2D eigenvalue weighted by atomic mass is 16.2. The van der Waals surface area contributed by atoms with E-state index in [4.69, 9.17) is 0 Å². The van der Waals surface area contributed by atoms with Crippen LogP contribution in [0.5, 0.6) is 0 Å². The molecule has 34 heavy (non-hydrogen) atoms. The van der Waals surface area contributed by atoms with Crippen molar-refractivity contribution in [2.75, 3.05) is 13.1 Å². The number of pyridine rings is 1. The summed E-state index contributed by atoms with van der Waals surface area (Å²) < 4.78 is 1.94. The van der Waals surface area contributed by atoms with Gasteiger partial charge in [0.1, 0.15) is 5.65 Å². The molecule has 172 valence electrons. The van der Waals surface area contributed by atoms with Crippen LogP contribution in [0.3, 0.4) is 0 Å². The van der Waals surface area contributed by atoms with Gasteiger partial charge in [-0.15, -0.1) is 0 Å². The average Bonchev–Trinajstić information content (AvgIpc) is 3.35. The van der Waals surface area contributed by atoms with Crippen molar-refractivity contribution in [1.29, 1.82) is 0 Å². The van der Waals surface area contributed by atoms with Gasteiger partial charge in [0.05, 0.1) is 0 Å². The van der Waals surface area contributed by atoms with Crippen LogP contribution in [0, 0.1) is 6.92 Å². The molecule has 2 aromatic heterocycles. The predicted molar refractivity (Wildman–Crippen MR) is 132 cm³/mol. The molecule has 1 saturated heterocycles. The number of aryl methyl sites for hydroxylation is 1. The molecule has 1 aliphatic rings. The second kappa shape index (κ2) is 9.51. The second-order valence-electron chi connectivity index (χ2n) is 8.91. The van der Waals surface area contributed by atoms with Crippen LogP contribution in [0.15, 0.2) is 79.3 Å². The van der Waals surface area contributed by atoms with E-state index < -0.39 is 0 Å². The predicted octanol–water partition coefficient (Wildman–Crippen LogP) is 4.59. The summed E-state index contributed by atoms with van der Waals surface area (Å²) in [5.41, 5.74) is 5.56. The number of amides is 2. The Morgan fingerprint density at radius 2 is 1.76 bits per heavy atom. The van der Waals surface area contributed by atoms with E-state index in [9.17, 15) is 9.59 Å². The fraction of sp³-hybridized carbons (Fsp3) is 0.250. The lowest BCUT2D eigenvalue weighted by molar-refractivity contribution is 0.0712. The highest BCUT2D eigenvalue weighted by Gasteiger charge is 2.25. The topological polar surface area (TPSA) is 66.7 Å². The van der Waals surface area contributed by atoms with E-state index >= 15 is 0 Å². The van der Waals surface area contributed by atoms with Crippen LogP contribution in [0.25, 0.3) is 5.65 Å². The number of benzene rings is 2. The first-order valence-electron chi connectivity index (χ1n) is 11.7. The van der Waals surface area contributed by atoms with E-state index in [0.717, 1.165) is 48.3 Å². The van der Waals surface area contributed by atoms with E-state index in [-0.39, 0.29) is 11.8 Å². The van der Waals surface area contributed by atoms with Crippen LogP contribution in [-0.4, -0.2) is 39.2 Å². The van der Waals surface area contributed by atoms with Crippen molar-refractivity contribution in [2.45, 2.75) is 32.2 Å². The van der Waals surface area contributed by atoms with Gasteiger partial charge < -0.3 is 14.6 Å². The summed E-state index contributed by atoms with van der Waals surface area (Å²) >= 11 is 0. The maximum atomic E-state index is 12.9.